The predicted molar refractivity (Wildman–Crippen MR) is 93.8 cm³/mol. The maximum atomic E-state index is 12.1. The highest BCUT2D eigenvalue weighted by atomic mass is 35.5. The summed E-state index contributed by atoms with van der Waals surface area (Å²) in [4.78, 5) is 39.1. The number of benzene rings is 1. The van der Waals surface area contributed by atoms with Gasteiger partial charge < -0.3 is 10.1 Å². The number of carbonyl (C=O) groups excluding carboxylic acids is 3. The van der Waals surface area contributed by atoms with Crippen molar-refractivity contribution in [2.24, 2.45) is 10.9 Å². The number of nitrogens with one attached hydrogen (secondary N) is 1. The zero-order valence-electron chi connectivity index (χ0n) is 13.2. The van der Waals surface area contributed by atoms with Gasteiger partial charge in [-0.1, -0.05) is 34.8 Å². The van der Waals surface area contributed by atoms with Crippen molar-refractivity contribution in [1.29, 1.82) is 0 Å². The molecule has 0 saturated carbocycles. The minimum Gasteiger partial charge on any atom is -0.468 e. The Bertz CT molecular complexity index is 704. The number of carbonyl (C=O) groups is 3. The Kier molecular flexibility index (Phi) is 7.66. The number of halogens is 3. The van der Waals surface area contributed by atoms with E-state index in [-0.39, 0.29) is 26.3 Å². The normalized spacial score (nSPS) is 12.1. The van der Waals surface area contributed by atoms with Crippen LogP contribution in [-0.4, -0.2) is 37.5 Å². The van der Waals surface area contributed by atoms with E-state index in [1.807, 2.05) is 0 Å². The molecule has 0 aliphatic rings. The molecule has 0 aliphatic carbocycles. The molecule has 0 radical (unpaired) electrons. The molecule has 1 aromatic carbocycles. The van der Waals surface area contributed by atoms with Gasteiger partial charge >= 0.3 is 5.97 Å². The highest BCUT2D eigenvalue weighted by molar-refractivity contribution is 6.47. The third-order valence-electron chi connectivity index (χ3n) is 2.96. The first-order chi connectivity index (χ1) is 11.2. The highest BCUT2D eigenvalue weighted by Crippen LogP contribution is 2.38. The Labute approximate surface area is 154 Å². The molecule has 1 N–H and O–H groups in total. The van der Waals surface area contributed by atoms with E-state index in [0.717, 1.165) is 13.3 Å². The van der Waals surface area contributed by atoms with Crippen LogP contribution in [0, 0.1) is 5.92 Å². The lowest BCUT2D eigenvalue weighted by molar-refractivity contribution is -0.145. The van der Waals surface area contributed by atoms with Crippen LogP contribution in [0.4, 0.5) is 5.69 Å². The van der Waals surface area contributed by atoms with E-state index in [9.17, 15) is 14.4 Å². The number of Topliss-reactive ketones (excluding diaryl/α,β-unsaturated/α-hetero) is 1. The number of hydrogen-bond donors (Lipinski definition) is 1. The molecule has 1 aromatic rings. The zero-order valence-corrected chi connectivity index (χ0v) is 15.4. The smallest absolute Gasteiger partial charge is 0.321 e. The summed E-state index contributed by atoms with van der Waals surface area (Å²) in [6.07, 6.45) is 1.08. The Morgan fingerprint density at radius 3 is 2.42 bits per heavy atom. The van der Waals surface area contributed by atoms with Gasteiger partial charge in [-0.15, -0.1) is 0 Å². The van der Waals surface area contributed by atoms with E-state index in [0.29, 0.717) is 6.54 Å². The summed E-state index contributed by atoms with van der Waals surface area (Å²) in [6, 6.07) is 1.33. The van der Waals surface area contributed by atoms with E-state index in [1.54, 1.807) is 6.92 Å². The van der Waals surface area contributed by atoms with Crippen LogP contribution >= 0.6 is 34.8 Å². The van der Waals surface area contributed by atoms with Crippen molar-refractivity contribution in [3.63, 3.8) is 0 Å². The summed E-state index contributed by atoms with van der Waals surface area (Å²) in [5.74, 6) is -2.91. The minimum atomic E-state index is -1.19. The van der Waals surface area contributed by atoms with E-state index < -0.39 is 23.6 Å². The summed E-state index contributed by atoms with van der Waals surface area (Å²) in [5.41, 5.74) is 0.0692. The molecule has 1 atom stereocenters. The standard InChI is InChI=1S/C15H15Cl3N2O4/c1-4-19-14(22)11-12(17)9(16)5-10(13(11)18)20-6-8(7(2)21)15(23)24-3/h5-6,8H,4H2,1-3H3,(H,19,22). The van der Waals surface area contributed by atoms with Gasteiger partial charge in [0.05, 0.1) is 33.4 Å². The van der Waals surface area contributed by atoms with Crippen LogP contribution in [0.5, 0.6) is 0 Å². The Balaban J connectivity index is 3.35. The first-order valence-corrected chi connectivity index (χ1v) is 7.96. The molecule has 0 saturated heterocycles. The fourth-order valence-corrected chi connectivity index (χ4v) is 2.51. The van der Waals surface area contributed by atoms with Gasteiger partial charge in [-0.2, -0.15) is 0 Å². The molecule has 130 valence electrons. The monoisotopic (exact) mass is 392 g/mol. The lowest BCUT2D eigenvalue weighted by atomic mass is 10.1. The number of ether oxygens (including phenoxy) is 1. The topological polar surface area (TPSA) is 84.8 Å². The van der Waals surface area contributed by atoms with Crippen molar-refractivity contribution in [3.05, 3.63) is 26.7 Å². The van der Waals surface area contributed by atoms with Crippen LogP contribution in [0.1, 0.15) is 24.2 Å². The fraction of sp³-hybridized carbons (Fsp3) is 0.333. The van der Waals surface area contributed by atoms with Gasteiger partial charge in [-0.25, -0.2) is 0 Å². The number of esters is 1. The molecule has 24 heavy (non-hydrogen) atoms. The van der Waals surface area contributed by atoms with E-state index in [4.69, 9.17) is 34.8 Å². The van der Waals surface area contributed by atoms with Gasteiger partial charge in [-0.3, -0.25) is 19.4 Å². The van der Waals surface area contributed by atoms with E-state index in [1.165, 1.54) is 13.0 Å². The molecule has 6 nitrogen and oxygen atoms in total. The Morgan fingerprint density at radius 1 is 1.29 bits per heavy atom. The van der Waals surface area contributed by atoms with Gasteiger partial charge in [0.15, 0.2) is 5.92 Å². The largest absolute Gasteiger partial charge is 0.468 e. The van der Waals surface area contributed by atoms with Crippen LogP contribution in [-0.2, 0) is 14.3 Å². The summed E-state index contributed by atoms with van der Waals surface area (Å²) in [5, 5.41) is 2.57. The molecule has 1 rings (SSSR count). The molecular weight excluding hydrogens is 379 g/mol. The molecule has 9 heteroatoms. The van der Waals surface area contributed by atoms with Crippen LogP contribution < -0.4 is 5.32 Å². The number of hydrogen-bond acceptors (Lipinski definition) is 5. The molecule has 1 unspecified atom stereocenters. The second-order valence-electron chi connectivity index (χ2n) is 4.63. The second-order valence-corrected chi connectivity index (χ2v) is 5.79. The van der Waals surface area contributed by atoms with E-state index in [2.05, 4.69) is 15.0 Å². The van der Waals surface area contributed by atoms with Gasteiger partial charge in [0.1, 0.15) is 5.78 Å². The predicted octanol–water partition coefficient (Wildman–Crippen LogP) is 3.48. The highest BCUT2D eigenvalue weighted by Gasteiger charge is 2.23. The molecule has 0 aliphatic heterocycles. The maximum absolute atomic E-state index is 12.1. The lowest BCUT2D eigenvalue weighted by Crippen LogP contribution is -2.24. The number of rotatable bonds is 6. The number of aliphatic imine (C=N–C) groups is 1. The van der Waals surface area contributed by atoms with Crippen molar-refractivity contribution in [1.82, 2.24) is 5.32 Å². The van der Waals surface area contributed by atoms with Crippen molar-refractivity contribution in [2.45, 2.75) is 13.8 Å². The average molecular weight is 394 g/mol. The number of nitrogens with zero attached hydrogens (tertiary/aromatic N) is 1. The quantitative estimate of drug-likeness (QED) is 0.347. The van der Waals surface area contributed by atoms with Crippen LogP contribution in [0.25, 0.3) is 0 Å². The van der Waals surface area contributed by atoms with Gasteiger partial charge in [0.2, 0.25) is 0 Å². The van der Waals surface area contributed by atoms with Crippen LogP contribution in [0.2, 0.25) is 15.1 Å². The third kappa shape index (κ3) is 4.69. The number of ketones is 1. The second kappa shape index (κ2) is 9.01. The summed E-state index contributed by atoms with van der Waals surface area (Å²) in [7, 11) is 1.16. The SMILES string of the molecule is CCNC(=O)c1c(Cl)c(Cl)cc(N=CC(C(C)=O)C(=O)OC)c1Cl. The van der Waals surface area contributed by atoms with Crippen molar-refractivity contribution in [2.75, 3.05) is 13.7 Å². The fourth-order valence-electron chi connectivity index (χ4n) is 1.75. The first kappa shape index (κ1) is 20.4. The molecule has 0 fully saturated rings. The molecule has 0 aromatic heterocycles. The van der Waals surface area contributed by atoms with Gasteiger partial charge in [-0.05, 0) is 19.9 Å². The number of amides is 1. The molecule has 0 heterocycles. The summed E-state index contributed by atoms with van der Waals surface area (Å²) in [6.45, 7) is 3.33. The number of methoxy groups -OCH3 is 1. The Morgan fingerprint density at radius 2 is 1.92 bits per heavy atom. The van der Waals surface area contributed by atoms with Crippen LogP contribution in [0.15, 0.2) is 11.1 Å². The van der Waals surface area contributed by atoms with Crippen molar-refractivity contribution in [3.8, 4) is 0 Å². The van der Waals surface area contributed by atoms with Gasteiger partial charge in [0.25, 0.3) is 5.91 Å². The maximum Gasteiger partial charge on any atom is 0.321 e. The van der Waals surface area contributed by atoms with Crippen molar-refractivity contribution < 1.29 is 19.1 Å². The molecule has 1 amide bonds. The molecule has 0 spiro atoms. The third-order valence-corrected chi connectivity index (χ3v) is 4.13. The molecular formula is C15H15Cl3N2O4. The molecule has 0 bridgehead atoms. The van der Waals surface area contributed by atoms with E-state index >= 15 is 0 Å². The minimum absolute atomic E-state index is 0.0114. The summed E-state index contributed by atoms with van der Waals surface area (Å²) >= 11 is 18.2. The zero-order chi connectivity index (χ0) is 18.4. The Hall–Kier alpha value is -1.63. The van der Waals surface area contributed by atoms with Crippen molar-refractivity contribution >= 4 is 64.4 Å². The van der Waals surface area contributed by atoms with Crippen LogP contribution in [0.3, 0.4) is 0 Å². The average Bonchev–Trinajstić information content (AvgIpc) is 2.52. The lowest BCUT2D eigenvalue weighted by Gasteiger charge is -2.11. The van der Waals surface area contributed by atoms with Gasteiger partial charge in [0, 0.05) is 12.8 Å². The summed E-state index contributed by atoms with van der Waals surface area (Å²) < 4.78 is 4.53. The first-order valence-electron chi connectivity index (χ1n) is 6.82.